The lowest BCUT2D eigenvalue weighted by Gasteiger charge is -2.49. The van der Waals surface area contributed by atoms with Gasteiger partial charge in [0.1, 0.15) is 23.5 Å². The molecule has 0 atom stereocenters. The number of ether oxygens (including phenoxy) is 2. The van der Waals surface area contributed by atoms with Crippen molar-refractivity contribution in [1.82, 2.24) is 24.6 Å². The fourth-order valence-electron chi connectivity index (χ4n) is 6.71. The Labute approximate surface area is 271 Å². The number of alkyl halides is 3. The molecule has 0 radical (unpaired) electrons. The molecule has 1 aromatic carbocycles. The van der Waals surface area contributed by atoms with Gasteiger partial charge in [-0.2, -0.15) is 23.5 Å². The highest BCUT2D eigenvalue weighted by molar-refractivity contribution is 6.00. The Bertz CT molecular complexity index is 1940. The number of anilines is 1. The van der Waals surface area contributed by atoms with Crippen molar-refractivity contribution in [3.05, 3.63) is 65.2 Å². The summed E-state index contributed by atoms with van der Waals surface area (Å²) in [7, 11) is 0. The molecule has 250 valence electrons. The third kappa shape index (κ3) is 5.83. The molecular weight excluding hydrogens is 637 g/mol. The summed E-state index contributed by atoms with van der Waals surface area (Å²) in [4.78, 5) is 24.9. The number of piperidine rings is 1. The Morgan fingerprint density at radius 2 is 1.88 bits per heavy atom. The van der Waals surface area contributed by atoms with E-state index < -0.39 is 36.6 Å². The molecular formula is C33H30F5N7O3. The minimum absolute atomic E-state index is 0.00365. The number of aromatic nitrogens is 4. The van der Waals surface area contributed by atoms with Gasteiger partial charge in [-0.3, -0.25) is 19.6 Å². The molecule has 2 fully saturated rings. The van der Waals surface area contributed by atoms with Crippen molar-refractivity contribution in [2.75, 3.05) is 37.8 Å². The Balaban J connectivity index is 1.28. The summed E-state index contributed by atoms with van der Waals surface area (Å²) < 4.78 is 81.0. The Kier molecular flexibility index (Phi) is 8.03. The number of hydrogen-bond acceptors (Lipinski definition) is 8. The van der Waals surface area contributed by atoms with Crippen LogP contribution in [0.3, 0.4) is 0 Å². The number of aryl methyl sites for hydroxylation is 1. The van der Waals surface area contributed by atoms with E-state index in [-0.39, 0.29) is 53.1 Å². The fourth-order valence-corrected chi connectivity index (χ4v) is 6.71. The zero-order chi connectivity index (χ0) is 33.8. The van der Waals surface area contributed by atoms with Crippen LogP contribution in [0.25, 0.3) is 22.2 Å². The number of rotatable bonds is 7. The highest BCUT2D eigenvalue weighted by Gasteiger charge is 2.41. The molecule has 3 aliphatic heterocycles. The van der Waals surface area contributed by atoms with Crippen molar-refractivity contribution in [2.24, 2.45) is 0 Å². The SMILES string of the molecule is CC1(N2CCC(n3ncc4c(-c5ccc6c(c5)OCC(=O)N6Cc5ncc(F)cc5F)c(C#N)c(CCC(F)(F)F)nc43)CC2)COC1. The minimum atomic E-state index is -4.47. The standard InChI is InChI=1S/C33H30F5N7O3/c1-32(17-47-18-32)43-8-5-21(6-9-43)45-31-23(14-41-45)30(22(12-39)25(42-31)4-7-33(36,37)38)19-2-3-27-28(10-19)48-16-29(46)44(27)15-26-24(35)11-20(34)13-40-26/h2-3,10-11,13-14,21H,4-9,15-18H2,1H3. The quantitative estimate of drug-likeness (QED) is 0.238. The molecule has 10 nitrogen and oxygen atoms in total. The minimum Gasteiger partial charge on any atom is -0.482 e. The molecule has 15 heteroatoms. The Hall–Kier alpha value is -4.68. The lowest BCUT2D eigenvalue weighted by Crippen LogP contribution is -2.61. The predicted molar refractivity (Wildman–Crippen MR) is 162 cm³/mol. The summed E-state index contributed by atoms with van der Waals surface area (Å²) in [5, 5.41) is 15.4. The van der Waals surface area contributed by atoms with E-state index in [4.69, 9.17) is 9.47 Å². The number of pyridine rings is 2. The van der Waals surface area contributed by atoms with Crippen molar-refractivity contribution in [2.45, 2.75) is 56.9 Å². The topological polar surface area (TPSA) is 109 Å². The summed E-state index contributed by atoms with van der Waals surface area (Å²) in [5.74, 6) is -2.02. The first kappa shape index (κ1) is 31.9. The van der Waals surface area contributed by atoms with Crippen molar-refractivity contribution in [1.29, 1.82) is 5.26 Å². The van der Waals surface area contributed by atoms with E-state index in [2.05, 4.69) is 33.0 Å². The first-order chi connectivity index (χ1) is 22.9. The van der Waals surface area contributed by atoms with Gasteiger partial charge < -0.3 is 9.47 Å². The number of benzene rings is 1. The lowest BCUT2D eigenvalue weighted by molar-refractivity contribution is -0.137. The van der Waals surface area contributed by atoms with Crippen molar-refractivity contribution in [3.8, 4) is 22.9 Å². The van der Waals surface area contributed by atoms with Crippen LogP contribution in [0.5, 0.6) is 5.75 Å². The highest BCUT2D eigenvalue weighted by atomic mass is 19.4. The second-order valence-corrected chi connectivity index (χ2v) is 12.6. The Morgan fingerprint density at radius 1 is 1.10 bits per heavy atom. The van der Waals surface area contributed by atoms with Crippen LogP contribution in [-0.4, -0.2) is 75.2 Å². The molecule has 0 aliphatic carbocycles. The molecule has 7 rings (SSSR count). The van der Waals surface area contributed by atoms with Gasteiger partial charge in [0.25, 0.3) is 5.91 Å². The monoisotopic (exact) mass is 667 g/mol. The van der Waals surface area contributed by atoms with Gasteiger partial charge in [0.2, 0.25) is 0 Å². The van der Waals surface area contributed by atoms with Gasteiger partial charge >= 0.3 is 6.18 Å². The molecule has 2 saturated heterocycles. The van der Waals surface area contributed by atoms with Gasteiger partial charge in [0, 0.05) is 36.5 Å². The van der Waals surface area contributed by atoms with E-state index in [9.17, 15) is 32.0 Å². The highest BCUT2D eigenvalue weighted by Crippen LogP contribution is 2.42. The predicted octanol–water partition coefficient (Wildman–Crippen LogP) is 5.49. The van der Waals surface area contributed by atoms with Crippen LogP contribution in [0, 0.1) is 23.0 Å². The van der Waals surface area contributed by atoms with Crippen LogP contribution >= 0.6 is 0 Å². The van der Waals surface area contributed by atoms with E-state index in [1.54, 1.807) is 29.1 Å². The summed E-state index contributed by atoms with van der Waals surface area (Å²) in [6.45, 7) is 4.43. The van der Waals surface area contributed by atoms with Crippen molar-refractivity contribution >= 4 is 22.6 Å². The number of nitriles is 1. The normalized spacial score (nSPS) is 18.4. The summed E-state index contributed by atoms with van der Waals surface area (Å²) in [6.07, 6.45) is -2.19. The van der Waals surface area contributed by atoms with E-state index in [0.29, 0.717) is 41.4 Å². The number of hydrogen-bond donors (Lipinski definition) is 0. The number of likely N-dealkylation sites (tertiary alicyclic amines) is 1. The molecule has 48 heavy (non-hydrogen) atoms. The number of fused-ring (bicyclic) bond motifs is 2. The summed E-state index contributed by atoms with van der Waals surface area (Å²) >= 11 is 0. The van der Waals surface area contributed by atoms with Crippen LogP contribution < -0.4 is 9.64 Å². The van der Waals surface area contributed by atoms with Gasteiger partial charge in [-0.05, 0) is 43.9 Å². The number of carbonyl (C=O) groups excluding carboxylic acids is 1. The second kappa shape index (κ2) is 12.1. The molecule has 4 aromatic rings. The molecule has 0 spiro atoms. The molecule has 3 aliphatic rings. The van der Waals surface area contributed by atoms with Crippen LogP contribution in [0.1, 0.15) is 49.2 Å². The first-order valence-corrected chi connectivity index (χ1v) is 15.5. The second-order valence-electron chi connectivity index (χ2n) is 12.6. The van der Waals surface area contributed by atoms with E-state index in [1.807, 2.05) is 0 Å². The Morgan fingerprint density at radius 3 is 2.54 bits per heavy atom. The van der Waals surface area contributed by atoms with Gasteiger partial charge in [-0.1, -0.05) is 6.07 Å². The summed E-state index contributed by atoms with van der Waals surface area (Å²) in [6, 6.07) is 7.46. The molecule has 6 heterocycles. The molecule has 1 amide bonds. The average molecular weight is 668 g/mol. The number of amides is 1. The zero-order valence-corrected chi connectivity index (χ0v) is 25.9. The van der Waals surface area contributed by atoms with Gasteiger partial charge in [0.05, 0.1) is 66.4 Å². The fraction of sp³-hybridized carbons (Fsp3) is 0.424. The van der Waals surface area contributed by atoms with Crippen LogP contribution in [0.2, 0.25) is 0 Å². The average Bonchev–Trinajstić information content (AvgIpc) is 3.47. The molecule has 3 aromatic heterocycles. The maximum atomic E-state index is 14.4. The lowest BCUT2D eigenvalue weighted by atomic mass is 9.93. The number of nitrogens with zero attached hydrogens (tertiary/aromatic N) is 7. The third-order valence-electron chi connectivity index (χ3n) is 9.36. The van der Waals surface area contributed by atoms with Crippen molar-refractivity contribution in [3.63, 3.8) is 0 Å². The summed E-state index contributed by atoms with van der Waals surface area (Å²) in [5.41, 5.74) is 1.30. The molecule has 0 bridgehead atoms. The number of halogens is 5. The molecule has 0 saturated carbocycles. The molecule has 0 unspecified atom stereocenters. The molecule has 0 N–H and O–H groups in total. The van der Waals surface area contributed by atoms with E-state index in [1.165, 1.54) is 4.90 Å². The van der Waals surface area contributed by atoms with Crippen LogP contribution in [-0.2, 0) is 22.5 Å². The van der Waals surface area contributed by atoms with Crippen molar-refractivity contribution < 1.29 is 36.2 Å². The zero-order valence-electron chi connectivity index (χ0n) is 25.9. The van der Waals surface area contributed by atoms with Crippen LogP contribution in [0.15, 0.2) is 36.7 Å². The van der Waals surface area contributed by atoms with E-state index >= 15 is 0 Å². The number of carbonyl (C=O) groups is 1. The van der Waals surface area contributed by atoms with Gasteiger partial charge in [-0.25, -0.2) is 18.4 Å². The maximum absolute atomic E-state index is 14.4. The van der Waals surface area contributed by atoms with Crippen LogP contribution in [0.4, 0.5) is 27.6 Å². The smallest absolute Gasteiger partial charge is 0.389 e. The van der Waals surface area contributed by atoms with Gasteiger partial charge in [0.15, 0.2) is 12.3 Å². The first-order valence-electron chi connectivity index (χ1n) is 15.5. The van der Waals surface area contributed by atoms with Gasteiger partial charge in [-0.15, -0.1) is 0 Å². The maximum Gasteiger partial charge on any atom is 0.389 e. The van der Waals surface area contributed by atoms with E-state index in [0.717, 1.165) is 32.1 Å². The third-order valence-corrected chi connectivity index (χ3v) is 9.36. The largest absolute Gasteiger partial charge is 0.482 e.